The Morgan fingerprint density at radius 3 is 2.64 bits per heavy atom. The molecule has 1 fully saturated rings. The molecule has 36 heavy (non-hydrogen) atoms. The lowest BCUT2D eigenvalue weighted by Gasteiger charge is -2.32. The van der Waals surface area contributed by atoms with Gasteiger partial charge in [0.15, 0.2) is 0 Å². The second kappa shape index (κ2) is 10.5. The molecule has 0 radical (unpaired) electrons. The summed E-state index contributed by atoms with van der Waals surface area (Å²) in [6.07, 6.45) is 5.17. The van der Waals surface area contributed by atoms with Crippen LogP contribution in [0.25, 0.3) is 22.3 Å². The summed E-state index contributed by atoms with van der Waals surface area (Å²) in [6.45, 7) is 7.46. The average molecular weight is 485 g/mol. The third kappa shape index (κ3) is 5.39. The zero-order valence-corrected chi connectivity index (χ0v) is 21.1. The molecule has 1 N–H and O–H groups in total. The predicted molar refractivity (Wildman–Crippen MR) is 140 cm³/mol. The van der Waals surface area contributed by atoms with Crippen LogP contribution in [0.4, 0.5) is 0 Å². The number of nitrogens with zero attached hydrogens (tertiary/aromatic N) is 5. The number of carbonyl (C=O) groups excluding carboxylic acids is 1. The lowest BCUT2D eigenvalue weighted by molar-refractivity contribution is 0.0659. The molecule has 0 bridgehead atoms. The molecular formula is C28H32N6O2. The lowest BCUT2D eigenvalue weighted by Crippen LogP contribution is -2.47. The van der Waals surface area contributed by atoms with Crippen molar-refractivity contribution in [2.24, 2.45) is 0 Å². The SMILES string of the molecule is CC[C@@H](C)Oc1ccnc(-c2ccnc(Cc3ccc4[nH]c(C(=O)N5CCN(C)CC5)cc4c3)n2)c1. The minimum absolute atomic E-state index is 0.0592. The normalized spacial score (nSPS) is 15.2. The number of nitrogens with one attached hydrogen (secondary N) is 1. The average Bonchev–Trinajstić information content (AvgIpc) is 3.32. The van der Waals surface area contributed by atoms with Gasteiger partial charge in [-0.2, -0.15) is 0 Å². The van der Waals surface area contributed by atoms with E-state index in [9.17, 15) is 4.79 Å². The molecular weight excluding hydrogens is 452 g/mol. The summed E-state index contributed by atoms with van der Waals surface area (Å²) in [5.41, 5.74) is 4.19. The van der Waals surface area contributed by atoms with Crippen molar-refractivity contribution in [2.75, 3.05) is 33.2 Å². The van der Waals surface area contributed by atoms with Gasteiger partial charge >= 0.3 is 0 Å². The number of H-pyrrole nitrogens is 1. The molecule has 4 aromatic rings. The maximum absolute atomic E-state index is 13.0. The number of aromatic nitrogens is 4. The Kier molecular flexibility index (Phi) is 6.95. The van der Waals surface area contributed by atoms with Crippen molar-refractivity contribution in [2.45, 2.75) is 32.8 Å². The Labute approximate surface area is 211 Å². The number of pyridine rings is 1. The van der Waals surface area contributed by atoms with Crippen LogP contribution < -0.4 is 4.74 Å². The summed E-state index contributed by atoms with van der Waals surface area (Å²) in [5, 5.41) is 1.01. The van der Waals surface area contributed by atoms with Gasteiger partial charge in [-0.25, -0.2) is 9.97 Å². The van der Waals surface area contributed by atoms with Crippen LogP contribution in [0.15, 0.2) is 54.9 Å². The van der Waals surface area contributed by atoms with Crippen LogP contribution in [-0.2, 0) is 6.42 Å². The third-order valence-electron chi connectivity index (χ3n) is 6.68. The van der Waals surface area contributed by atoms with Gasteiger partial charge in [0.05, 0.1) is 17.5 Å². The standard InChI is InChI=1S/C28H32N6O2/c1-4-19(2)36-22-7-9-29-25(18-22)24-8-10-30-27(32-24)16-20-5-6-23-21(15-20)17-26(31-23)28(35)34-13-11-33(3)12-14-34/h5-10,15,17-19,31H,4,11-14,16H2,1-3H3/t19-/m1/s1. The molecule has 0 spiro atoms. The molecule has 0 saturated carbocycles. The molecule has 3 aromatic heterocycles. The van der Waals surface area contributed by atoms with Crippen molar-refractivity contribution in [1.82, 2.24) is 29.7 Å². The minimum atomic E-state index is 0.0592. The second-order valence-corrected chi connectivity index (χ2v) is 9.45. The largest absolute Gasteiger partial charge is 0.491 e. The molecule has 1 aliphatic rings. The van der Waals surface area contributed by atoms with Crippen LogP contribution in [0.5, 0.6) is 5.75 Å². The Balaban J connectivity index is 1.32. The van der Waals surface area contributed by atoms with Gasteiger partial charge in [0.25, 0.3) is 5.91 Å². The van der Waals surface area contributed by atoms with Crippen molar-refractivity contribution < 1.29 is 9.53 Å². The van der Waals surface area contributed by atoms with E-state index in [-0.39, 0.29) is 12.0 Å². The molecule has 5 rings (SSSR count). The van der Waals surface area contributed by atoms with Crippen LogP contribution in [0.2, 0.25) is 0 Å². The van der Waals surface area contributed by atoms with Crippen molar-refractivity contribution in [1.29, 1.82) is 0 Å². The molecule has 0 unspecified atom stereocenters. The van der Waals surface area contributed by atoms with Gasteiger partial charge in [-0.15, -0.1) is 0 Å². The van der Waals surface area contributed by atoms with E-state index in [1.165, 1.54) is 0 Å². The van der Waals surface area contributed by atoms with E-state index < -0.39 is 0 Å². The van der Waals surface area contributed by atoms with E-state index in [1.807, 2.05) is 35.2 Å². The highest BCUT2D eigenvalue weighted by Gasteiger charge is 2.21. The van der Waals surface area contributed by atoms with Gasteiger partial charge < -0.3 is 19.5 Å². The highest BCUT2D eigenvalue weighted by molar-refractivity contribution is 5.98. The zero-order chi connectivity index (χ0) is 25.1. The quantitative estimate of drug-likeness (QED) is 0.424. The van der Waals surface area contributed by atoms with E-state index >= 15 is 0 Å². The number of carbonyl (C=O) groups is 1. The van der Waals surface area contributed by atoms with E-state index in [0.717, 1.165) is 66.2 Å². The van der Waals surface area contributed by atoms with Gasteiger partial charge in [0.2, 0.25) is 0 Å². The molecule has 1 amide bonds. The molecule has 1 aliphatic heterocycles. The predicted octanol–water partition coefficient (Wildman–Crippen LogP) is 4.18. The third-order valence-corrected chi connectivity index (χ3v) is 6.68. The Hall–Kier alpha value is -3.78. The maximum Gasteiger partial charge on any atom is 0.270 e. The van der Waals surface area contributed by atoms with Gasteiger partial charge in [0, 0.05) is 62.0 Å². The highest BCUT2D eigenvalue weighted by Crippen LogP contribution is 2.23. The molecule has 1 aromatic carbocycles. The minimum Gasteiger partial charge on any atom is -0.491 e. The number of piperazine rings is 1. The number of ether oxygens (including phenoxy) is 1. The Morgan fingerprint density at radius 1 is 1.03 bits per heavy atom. The summed E-state index contributed by atoms with van der Waals surface area (Å²) in [5.74, 6) is 1.56. The van der Waals surface area contributed by atoms with Gasteiger partial charge in [-0.1, -0.05) is 13.0 Å². The van der Waals surface area contributed by atoms with Gasteiger partial charge in [-0.05, 0) is 56.3 Å². The molecule has 4 heterocycles. The maximum atomic E-state index is 13.0. The summed E-state index contributed by atoms with van der Waals surface area (Å²) in [6, 6.07) is 13.8. The van der Waals surface area contributed by atoms with E-state index in [0.29, 0.717) is 17.9 Å². The first-order valence-corrected chi connectivity index (χ1v) is 12.5. The number of hydrogen-bond donors (Lipinski definition) is 1. The van der Waals surface area contributed by atoms with E-state index in [1.54, 1.807) is 12.4 Å². The second-order valence-electron chi connectivity index (χ2n) is 9.45. The van der Waals surface area contributed by atoms with Crippen molar-refractivity contribution >= 4 is 16.8 Å². The highest BCUT2D eigenvalue weighted by atomic mass is 16.5. The fraction of sp³-hybridized carbons (Fsp3) is 0.357. The fourth-order valence-corrected chi connectivity index (χ4v) is 4.34. The van der Waals surface area contributed by atoms with Crippen LogP contribution in [0, 0.1) is 0 Å². The van der Waals surface area contributed by atoms with E-state index in [4.69, 9.17) is 9.72 Å². The molecule has 8 heteroatoms. The summed E-state index contributed by atoms with van der Waals surface area (Å²) in [4.78, 5) is 34.1. The molecule has 8 nitrogen and oxygen atoms in total. The first-order chi connectivity index (χ1) is 17.5. The molecule has 0 aliphatic carbocycles. The number of likely N-dealkylation sites (N-methyl/N-ethyl adjacent to an activating group) is 1. The number of rotatable bonds is 7. The molecule has 1 atom stereocenters. The Bertz CT molecular complexity index is 1360. The van der Waals surface area contributed by atoms with Crippen molar-refractivity contribution in [3.05, 3.63) is 71.9 Å². The number of benzene rings is 1. The molecule has 186 valence electrons. The first-order valence-electron chi connectivity index (χ1n) is 12.5. The summed E-state index contributed by atoms with van der Waals surface area (Å²) < 4.78 is 5.94. The summed E-state index contributed by atoms with van der Waals surface area (Å²) in [7, 11) is 2.09. The van der Waals surface area contributed by atoms with Crippen LogP contribution in [0.3, 0.4) is 0 Å². The fourth-order valence-electron chi connectivity index (χ4n) is 4.34. The molecule has 1 saturated heterocycles. The van der Waals surface area contributed by atoms with Gasteiger partial charge in [0.1, 0.15) is 17.3 Å². The van der Waals surface area contributed by atoms with Crippen molar-refractivity contribution in [3.8, 4) is 17.1 Å². The Morgan fingerprint density at radius 2 is 1.83 bits per heavy atom. The van der Waals surface area contributed by atoms with Crippen molar-refractivity contribution in [3.63, 3.8) is 0 Å². The van der Waals surface area contributed by atoms with Crippen LogP contribution in [0.1, 0.15) is 42.1 Å². The number of fused-ring (bicyclic) bond motifs is 1. The monoisotopic (exact) mass is 484 g/mol. The van der Waals surface area contributed by atoms with Gasteiger partial charge in [-0.3, -0.25) is 9.78 Å². The van der Waals surface area contributed by atoms with Crippen LogP contribution in [-0.4, -0.2) is 75.0 Å². The number of aromatic amines is 1. The topological polar surface area (TPSA) is 87.2 Å². The summed E-state index contributed by atoms with van der Waals surface area (Å²) >= 11 is 0. The zero-order valence-electron chi connectivity index (χ0n) is 21.1. The van der Waals surface area contributed by atoms with Crippen LogP contribution >= 0.6 is 0 Å². The van der Waals surface area contributed by atoms with E-state index in [2.05, 4.69) is 52.9 Å². The lowest BCUT2D eigenvalue weighted by atomic mass is 10.1. The smallest absolute Gasteiger partial charge is 0.270 e. The first kappa shape index (κ1) is 23.9. The number of amides is 1. The number of hydrogen-bond acceptors (Lipinski definition) is 6.